The van der Waals surface area contributed by atoms with Crippen LogP contribution < -0.4 is 10.6 Å². The number of hydrogen-bond donors (Lipinski definition) is 2. The van der Waals surface area contributed by atoms with E-state index in [4.69, 9.17) is 4.74 Å². The molecule has 0 aliphatic rings. The minimum absolute atomic E-state index is 0.0184. The third kappa shape index (κ3) is 6.58. The van der Waals surface area contributed by atoms with Crippen LogP contribution in [-0.2, 0) is 21.5 Å². The summed E-state index contributed by atoms with van der Waals surface area (Å²) in [5, 5.41) is 4.68. The molecule has 0 atom stereocenters. The predicted molar refractivity (Wildman–Crippen MR) is 102 cm³/mol. The Morgan fingerprint density at radius 1 is 0.926 bits per heavy atom. The van der Waals surface area contributed by atoms with Crippen molar-refractivity contribution in [1.82, 2.24) is 10.6 Å². The number of rotatable bonds is 5. The fourth-order valence-electron chi connectivity index (χ4n) is 2.31. The van der Waals surface area contributed by atoms with E-state index in [2.05, 4.69) is 31.4 Å². The average Bonchev–Trinajstić information content (AvgIpc) is 2.64. The van der Waals surface area contributed by atoms with Crippen molar-refractivity contribution in [2.45, 2.75) is 32.7 Å². The molecular weight excluding hydrogens is 344 g/mol. The summed E-state index contributed by atoms with van der Waals surface area (Å²) in [6, 6.07) is 15.7. The lowest BCUT2D eigenvalue weighted by molar-refractivity contribution is -0.123. The first-order valence-corrected chi connectivity index (χ1v) is 8.65. The van der Waals surface area contributed by atoms with Gasteiger partial charge in [0.05, 0.1) is 5.56 Å². The first kappa shape index (κ1) is 20.2. The molecule has 0 fully saturated rings. The third-order valence-electron chi connectivity index (χ3n) is 3.87. The van der Waals surface area contributed by atoms with Gasteiger partial charge in [-0.05, 0) is 28.7 Å². The van der Waals surface area contributed by atoms with Gasteiger partial charge in [0, 0.05) is 6.54 Å². The molecule has 27 heavy (non-hydrogen) atoms. The van der Waals surface area contributed by atoms with Crippen molar-refractivity contribution in [2.24, 2.45) is 0 Å². The number of benzene rings is 2. The molecule has 0 aromatic heterocycles. The highest BCUT2D eigenvalue weighted by Gasteiger charge is 2.16. The molecule has 2 N–H and O–H groups in total. The highest BCUT2D eigenvalue weighted by atomic mass is 16.5. The van der Waals surface area contributed by atoms with Gasteiger partial charge in [-0.3, -0.25) is 10.1 Å². The highest BCUT2D eigenvalue weighted by molar-refractivity contribution is 5.97. The van der Waals surface area contributed by atoms with Crippen LogP contribution in [0.1, 0.15) is 42.3 Å². The Morgan fingerprint density at radius 2 is 1.56 bits per heavy atom. The van der Waals surface area contributed by atoms with Crippen LogP contribution in [0.4, 0.5) is 4.79 Å². The summed E-state index contributed by atoms with van der Waals surface area (Å²) < 4.78 is 4.95. The monoisotopic (exact) mass is 368 g/mol. The molecule has 0 spiro atoms. The number of imide groups is 1. The number of nitrogens with one attached hydrogen (secondary N) is 2. The molecule has 0 aliphatic heterocycles. The van der Waals surface area contributed by atoms with Gasteiger partial charge in [0.1, 0.15) is 0 Å². The standard InChI is InChI=1S/C21H24N2O4/c1-21(2,3)17-11-9-16(10-12-17)19(25)27-14-18(24)23-20(26)22-13-15-7-5-4-6-8-15/h4-12H,13-14H2,1-3H3,(H2,22,23,24,26). The lowest BCUT2D eigenvalue weighted by atomic mass is 9.87. The molecule has 0 radical (unpaired) electrons. The van der Waals surface area contributed by atoms with Gasteiger partial charge in [-0.2, -0.15) is 0 Å². The molecule has 0 unspecified atom stereocenters. The van der Waals surface area contributed by atoms with Crippen molar-refractivity contribution in [3.05, 3.63) is 71.3 Å². The predicted octanol–water partition coefficient (Wildman–Crippen LogP) is 3.17. The highest BCUT2D eigenvalue weighted by Crippen LogP contribution is 2.22. The maximum absolute atomic E-state index is 12.0. The Bertz CT molecular complexity index is 793. The fourth-order valence-corrected chi connectivity index (χ4v) is 2.31. The van der Waals surface area contributed by atoms with Crippen LogP contribution >= 0.6 is 0 Å². The maximum atomic E-state index is 12.0. The normalized spacial score (nSPS) is 10.8. The molecular formula is C21H24N2O4. The number of ether oxygens (including phenoxy) is 1. The van der Waals surface area contributed by atoms with Gasteiger partial charge in [-0.1, -0.05) is 63.2 Å². The third-order valence-corrected chi connectivity index (χ3v) is 3.87. The second-order valence-corrected chi connectivity index (χ2v) is 7.12. The summed E-state index contributed by atoms with van der Waals surface area (Å²) in [6.07, 6.45) is 0. The number of urea groups is 1. The van der Waals surface area contributed by atoms with Crippen LogP contribution in [0.5, 0.6) is 0 Å². The van der Waals surface area contributed by atoms with Crippen molar-refractivity contribution < 1.29 is 19.1 Å². The quantitative estimate of drug-likeness (QED) is 0.794. The first-order valence-electron chi connectivity index (χ1n) is 8.65. The zero-order chi connectivity index (χ0) is 19.9. The van der Waals surface area contributed by atoms with E-state index in [0.29, 0.717) is 12.1 Å². The Labute approximate surface area is 158 Å². The average molecular weight is 368 g/mol. The SMILES string of the molecule is CC(C)(C)c1ccc(C(=O)OCC(=O)NC(=O)NCc2ccccc2)cc1. The second kappa shape index (κ2) is 8.98. The zero-order valence-electron chi connectivity index (χ0n) is 15.7. The minimum atomic E-state index is -0.694. The van der Waals surface area contributed by atoms with Gasteiger partial charge in [0.15, 0.2) is 6.61 Å². The van der Waals surface area contributed by atoms with Crippen molar-refractivity contribution >= 4 is 17.9 Å². The second-order valence-electron chi connectivity index (χ2n) is 7.12. The molecule has 6 heteroatoms. The Balaban J connectivity index is 1.76. The van der Waals surface area contributed by atoms with E-state index >= 15 is 0 Å². The number of esters is 1. The molecule has 2 aromatic rings. The van der Waals surface area contributed by atoms with Crippen LogP contribution in [0.2, 0.25) is 0 Å². The lowest BCUT2D eigenvalue weighted by Crippen LogP contribution is -2.41. The lowest BCUT2D eigenvalue weighted by Gasteiger charge is -2.18. The molecule has 3 amide bonds. The fraction of sp³-hybridized carbons (Fsp3) is 0.286. The smallest absolute Gasteiger partial charge is 0.338 e. The number of amides is 3. The van der Waals surface area contributed by atoms with Crippen molar-refractivity contribution in [2.75, 3.05) is 6.61 Å². The van der Waals surface area contributed by atoms with Crippen LogP contribution in [0.25, 0.3) is 0 Å². The summed E-state index contributed by atoms with van der Waals surface area (Å²) in [4.78, 5) is 35.4. The van der Waals surface area contributed by atoms with E-state index in [0.717, 1.165) is 11.1 Å². The summed E-state index contributed by atoms with van der Waals surface area (Å²) in [6.45, 7) is 5.99. The van der Waals surface area contributed by atoms with E-state index < -0.39 is 24.5 Å². The van der Waals surface area contributed by atoms with Crippen LogP contribution in [0.15, 0.2) is 54.6 Å². The van der Waals surface area contributed by atoms with E-state index in [1.54, 1.807) is 12.1 Å². The molecule has 0 bridgehead atoms. The number of carbonyl (C=O) groups is 3. The largest absolute Gasteiger partial charge is 0.452 e. The van der Waals surface area contributed by atoms with Gasteiger partial charge in [0.2, 0.25) is 0 Å². The summed E-state index contributed by atoms with van der Waals surface area (Å²) in [5.74, 6) is -1.31. The van der Waals surface area contributed by atoms with E-state index in [1.165, 1.54) is 0 Å². The molecule has 0 aliphatic carbocycles. The van der Waals surface area contributed by atoms with E-state index in [9.17, 15) is 14.4 Å². The molecule has 6 nitrogen and oxygen atoms in total. The number of carbonyl (C=O) groups excluding carboxylic acids is 3. The van der Waals surface area contributed by atoms with Crippen molar-refractivity contribution in [3.63, 3.8) is 0 Å². The Hall–Kier alpha value is -3.15. The van der Waals surface area contributed by atoms with Gasteiger partial charge in [-0.25, -0.2) is 9.59 Å². The maximum Gasteiger partial charge on any atom is 0.338 e. The van der Waals surface area contributed by atoms with Crippen molar-refractivity contribution in [3.8, 4) is 0 Å². The van der Waals surface area contributed by atoms with E-state index in [1.807, 2.05) is 42.5 Å². The van der Waals surface area contributed by atoms with Gasteiger partial charge < -0.3 is 10.1 Å². The molecule has 142 valence electrons. The van der Waals surface area contributed by atoms with Gasteiger partial charge in [-0.15, -0.1) is 0 Å². The summed E-state index contributed by atoms with van der Waals surface area (Å²) in [5.41, 5.74) is 2.33. The number of hydrogen-bond acceptors (Lipinski definition) is 4. The van der Waals surface area contributed by atoms with Crippen LogP contribution in [-0.4, -0.2) is 24.5 Å². The summed E-state index contributed by atoms with van der Waals surface area (Å²) in [7, 11) is 0. The molecule has 2 rings (SSSR count). The van der Waals surface area contributed by atoms with Crippen molar-refractivity contribution in [1.29, 1.82) is 0 Å². The van der Waals surface area contributed by atoms with E-state index in [-0.39, 0.29) is 5.41 Å². The summed E-state index contributed by atoms with van der Waals surface area (Å²) >= 11 is 0. The molecule has 0 saturated heterocycles. The van der Waals surface area contributed by atoms with Gasteiger partial charge >= 0.3 is 12.0 Å². The minimum Gasteiger partial charge on any atom is -0.452 e. The molecule has 0 saturated carbocycles. The zero-order valence-corrected chi connectivity index (χ0v) is 15.7. The van der Waals surface area contributed by atoms with Crippen LogP contribution in [0, 0.1) is 0 Å². The Kier molecular flexibility index (Phi) is 6.71. The Morgan fingerprint density at radius 3 is 2.15 bits per heavy atom. The molecule has 2 aromatic carbocycles. The first-order chi connectivity index (χ1) is 12.8. The topological polar surface area (TPSA) is 84.5 Å². The van der Waals surface area contributed by atoms with Crippen LogP contribution in [0.3, 0.4) is 0 Å². The van der Waals surface area contributed by atoms with Gasteiger partial charge in [0.25, 0.3) is 5.91 Å². The molecule has 0 heterocycles.